The van der Waals surface area contributed by atoms with Crippen molar-refractivity contribution in [1.29, 1.82) is 0 Å². The molecule has 7 nitrogen and oxygen atoms in total. The van der Waals surface area contributed by atoms with Crippen molar-refractivity contribution in [2.75, 3.05) is 26.7 Å². The van der Waals surface area contributed by atoms with Gasteiger partial charge in [0.1, 0.15) is 13.2 Å². The fourth-order valence-corrected chi connectivity index (χ4v) is 5.02. The summed E-state index contributed by atoms with van der Waals surface area (Å²) in [6.07, 6.45) is 3.45. The molecule has 2 aliphatic heterocycles. The predicted molar refractivity (Wildman–Crippen MR) is 132 cm³/mol. The summed E-state index contributed by atoms with van der Waals surface area (Å²) in [6.45, 7) is 1.21. The van der Waals surface area contributed by atoms with E-state index in [0.717, 1.165) is 35.1 Å². The number of hydrogen-bond donors (Lipinski definition) is 0. The van der Waals surface area contributed by atoms with Gasteiger partial charge >= 0.3 is 0 Å². The molecule has 2 aliphatic rings. The zero-order valence-electron chi connectivity index (χ0n) is 18.4. The SMILES string of the molecule is COc1cccc(/C=C2/SC(=O)N(CC(=O)N3CCCC3)C2=O)c1OCc1ccc(Cl)cc1Cl. The molecular formula is C24H22Cl2N2O5S. The lowest BCUT2D eigenvalue weighted by molar-refractivity contribution is -0.135. The number of rotatable bonds is 7. The molecular weight excluding hydrogens is 499 g/mol. The van der Waals surface area contributed by atoms with Crippen LogP contribution < -0.4 is 9.47 Å². The van der Waals surface area contributed by atoms with Crippen LogP contribution in [0.1, 0.15) is 24.0 Å². The fraction of sp³-hybridized carbons (Fsp3) is 0.292. The van der Waals surface area contributed by atoms with Gasteiger partial charge in [0, 0.05) is 34.3 Å². The van der Waals surface area contributed by atoms with Crippen LogP contribution in [0.3, 0.4) is 0 Å². The number of hydrogen-bond acceptors (Lipinski definition) is 6. The summed E-state index contributed by atoms with van der Waals surface area (Å²) in [5.41, 5.74) is 1.28. The van der Waals surface area contributed by atoms with Crippen molar-refractivity contribution in [2.24, 2.45) is 0 Å². The van der Waals surface area contributed by atoms with Gasteiger partial charge in [-0.1, -0.05) is 41.4 Å². The highest BCUT2D eigenvalue weighted by molar-refractivity contribution is 8.18. The van der Waals surface area contributed by atoms with Crippen molar-refractivity contribution < 1.29 is 23.9 Å². The zero-order valence-corrected chi connectivity index (χ0v) is 20.7. The van der Waals surface area contributed by atoms with Crippen molar-refractivity contribution in [3.63, 3.8) is 0 Å². The van der Waals surface area contributed by atoms with Crippen LogP contribution in [0.2, 0.25) is 10.0 Å². The molecule has 0 radical (unpaired) electrons. The van der Waals surface area contributed by atoms with Gasteiger partial charge < -0.3 is 14.4 Å². The van der Waals surface area contributed by atoms with E-state index >= 15 is 0 Å². The van der Waals surface area contributed by atoms with Gasteiger partial charge in [0.05, 0.1) is 12.0 Å². The molecule has 0 N–H and O–H groups in total. The molecule has 2 aromatic rings. The number of imide groups is 1. The normalized spacial score (nSPS) is 17.1. The predicted octanol–water partition coefficient (Wildman–Crippen LogP) is 5.24. The molecule has 2 fully saturated rings. The number of para-hydroxylation sites is 1. The van der Waals surface area contributed by atoms with Crippen LogP contribution in [-0.2, 0) is 16.2 Å². The molecule has 2 heterocycles. The van der Waals surface area contributed by atoms with E-state index in [1.807, 2.05) is 0 Å². The first-order valence-electron chi connectivity index (χ1n) is 10.6. The standard InChI is InChI=1S/C24H22Cl2N2O5S/c1-32-19-6-4-5-15(22(19)33-14-16-7-8-17(25)12-18(16)26)11-20-23(30)28(24(31)34-20)13-21(29)27-9-2-3-10-27/h4-8,11-12H,2-3,9-10,13-14H2,1H3/b20-11+. The molecule has 0 bridgehead atoms. The van der Waals surface area contributed by atoms with E-state index < -0.39 is 11.1 Å². The molecule has 10 heteroatoms. The number of methoxy groups -OCH3 is 1. The summed E-state index contributed by atoms with van der Waals surface area (Å²) in [7, 11) is 1.51. The summed E-state index contributed by atoms with van der Waals surface area (Å²) in [4.78, 5) is 40.8. The van der Waals surface area contributed by atoms with Gasteiger partial charge in [-0.3, -0.25) is 19.3 Å². The highest BCUT2D eigenvalue weighted by Crippen LogP contribution is 2.38. The second kappa shape index (κ2) is 10.7. The Balaban J connectivity index is 1.55. The molecule has 0 aromatic heterocycles. The highest BCUT2D eigenvalue weighted by atomic mass is 35.5. The minimum atomic E-state index is -0.503. The molecule has 0 spiro atoms. The molecule has 0 aliphatic carbocycles. The van der Waals surface area contributed by atoms with Crippen LogP contribution in [0.4, 0.5) is 4.79 Å². The lowest BCUT2D eigenvalue weighted by Gasteiger charge is -2.18. The third kappa shape index (κ3) is 5.35. The summed E-state index contributed by atoms with van der Waals surface area (Å²) in [5.74, 6) is 0.140. The van der Waals surface area contributed by atoms with Gasteiger partial charge in [-0.25, -0.2) is 0 Å². The number of benzene rings is 2. The van der Waals surface area contributed by atoms with E-state index in [0.29, 0.717) is 40.2 Å². The third-order valence-corrected chi connectivity index (χ3v) is 7.02. The molecule has 0 saturated carbocycles. The average Bonchev–Trinajstić information content (AvgIpc) is 3.44. The smallest absolute Gasteiger partial charge is 0.294 e. The molecule has 0 atom stereocenters. The largest absolute Gasteiger partial charge is 0.493 e. The summed E-state index contributed by atoms with van der Waals surface area (Å²) >= 11 is 13.0. The Labute approximate surface area is 211 Å². The summed E-state index contributed by atoms with van der Waals surface area (Å²) in [6, 6.07) is 10.4. The second-order valence-corrected chi connectivity index (χ2v) is 9.60. The van der Waals surface area contributed by atoms with Gasteiger partial charge in [-0.2, -0.15) is 0 Å². The number of carbonyl (C=O) groups is 3. The molecule has 4 rings (SSSR count). The highest BCUT2D eigenvalue weighted by Gasteiger charge is 2.37. The van der Waals surface area contributed by atoms with Crippen molar-refractivity contribution in [2.45, 2.75) is 19.4 Å². The summed E-state index contributed by atoms with van der Waals surface area (Å²) < 4.78 is 11.5. The van der Waals surface area contributed by atoms with Gasteiger partial charge in [0.25, 0.3) is 11.1 Å². The number of likely N-dealkylation sites (tertiary alicyclic amines) is 1. The Morgan fingerprint density at radius 3 is 2.62 bits per heavy atom. The van der Waals surface area contributed by atoms with E-state index in [4.69, 9.17) is 32.7 Å². The van der Waals surface area contributed by atoms with Gasteiger partial charge in [-0.15, -0.1) is 0 Å². The van der Waals surface area contributed by atoms with E-state index in [1.54, 1.807) is 47.4 Å². The minimum absolute atomic E-state index is 0.142. The van der Waals surface area contributed by atoms with Gasteiger partial charge in [0.2, 0.25) is 5.91 Å². The molecule has 0 unspecified atom stereocenters. The molecule has 34 heavy (non-hydrogen) atoms. The lowest BCUT2D eigenvalue weighted by Crippen LogP contribution is -2.40. The quantitative estimate of drug-likeness (QED) is 0.464. The van der Waals surface area contributed by atoms with E-state index in [1.165, 1.54) is 7.11 Å². The number of amides is 3. The Morgan fingerprint density at radius 1 is 1.15 bits per heavy atom. The van der Waals surface area contributed by atoms with Crippen molar-refractivity contribution in [3.05, 3.63) is 62.5 Å². The monoisotopic (exact) mass is 520 g/mol. The second-order valence-electron chi connectivity index (χ2n) is 7.76. The number of ether oxygens (including phenoxy) is 2. The molecule has 178 valence electrons. The zero-order chi connectivity index (χ0) is 24.2. The summed E-state index contributed by atoms with van der Waals surface area (Å²) in [5, 5.41) is 0.514. The van der Waals surface area contributed by atoms with Crippen molar-refractivity contribution >= 4 is 58.1 Å². The number of halogens is 2. The Morgan fingerprint density at radius 2 is 1.91 bits per heavy atom. The Kier molecular flexibility index (Phi) is 7.70. The van der Waals surface area contributed by atoms with E-state index in [2.05, 4.69) is 0 Å². The average molecular weight is 521 g/mol. The first kappa shape index (κ1) is 24.4. The topological polar surface area (TPSA) is 76.2 Å². The number of thioether (sulfide) groups is 1. The maximum atomic E-state index is 12.9. The third-order valence-electron chi connectivity index (χ3n) is 5.53. The van der Waals surface area contributed by atoms with Crippen LogP contribution in [0, 0.1) is 0 Å². The number of nitrogens with zero attached hydrogens (tertiary/aromatic N) is 2. The van der Waals surface area contributed by atoms with Crippen LogP contribution >= 0.6 is 35.0 Å². The Hall–Kier alpha value is -2.68. The van der Waals surface area contributed by atoms with E-state index in [9.17, 15) is 14.4 Å². The van der Waals surface area contributed by atoms with Crippen LogP contribution in [0.5, 0.6) is 11.5 Å². The first-order chi connectivity index (χ1) is 16.4. The lowest BCUT2D eigenvalue weighted by atomic mass is 10.1. The molecule has 3 amide bonds. The number of carbonyl (C=O) groups excluding carboxylic acids is 3. The van der Waals surface area contributed by atoms with Crippen molar-refractivity contribution in [1.82, 2.24) is 9.80 Å². The Bertz CT molecular complexity index is 1160. The maximum Gasteiger partial charge on any atom is 0.294 e. The first-order valence-corrected chi connectivity index (χ1v) is 12.2. The molecule has 2 aromatic carbocycles. The molecule has 2 saturated heterocycles. The van der Waals surface area contributed by atoms with Crippen molar-refractivity contribution in [3.8, 4) is 11.5 Å². The van der Waals surface area contributed by atoms with Crippen LogP contribution in [0.15, 0.2) is 41.3 Å². The van der Waals surface area contributed by atoms with Gasteiger partial charge in [-0.05, 0) is 48.9 Å². The fourth-order valence-electron chi connectivity index (χ4n) is 3.73. The van der Waals surface area contributed by atoms with E-state index in [-0.39, 0.29) is 24.0 Å². The van der Waals surface area contributed by atoms with Crippen LogP contribution in [0.25, 0.3) is 6.08 Å². The van der Waals surface area contributed by atoms with Crippen LogP contribution in [-0.4, -0.2) is 53.6 Å². The van der Waals surface area contributed by atoms with Gasteiger partial charge in [0.15, 0.2) is 11.5 Å². The minimum Gasteiger partial charge on any atom is -0.493 e. The maximum absolute atomic E-state index is 12.9.